The summed E-state index contributed by atoms with van der Waals surface area (Å²) in [6, 6.07) is 5.86. The van der Waals surface area contributed by atoms with Gasteiger partial charge in [0, 0.05) is 18.0 Å². The van der Waals surface area contributed by atoms with Gasteiger partial charge in [-0.15, -0.1) is 0 Å². The van der Waals surface area contributed by atoms with Crippen LogP contribution in [0.25, 0.3) is 11.3 Å². The lowest BCUT2D eigenvalue weighted by Gasteiger charge is -2.18. The van der Waals surface area contributed by atoms with E-state index in [-0.39, 0.29) is 0 Å². The van der Waals surface area contributed by atoms with E-state index >= 15 is 0 Å². The minimum absolute atomic E-state index is 0.332. The summed E-state index contributed by atoms with van der Waals surface area (Å²) >= 11 is 0. The second-order valence-corrected chi connectivity index (χ2v) is 5.46. The van der Waals surface area contributed by atoms with Gasteiger partial charge in [0.2, 0.25) is 0 Å². The zero-order chi connectivity index (χ0) is 15.0. The molecule has 0 saturated carbocycles. The minimum atomic E-state index is 0.332. The maximum atomic E-state index is 6.29. The van der Waals surface area contributed by atoms with E-state index in [0.29, 0.717) is 24.9 Å². The van der Waals surface area contributed by atoms with Crippen molar-refractivity contribution in [2.45, 2.75) is 33.2 Å². The van der Waals surface area contributed by atoms with Crippen molar-refractivity contribution in [1.29, 1.82) is 0 Å². The molecule has 2 aromatic rings. The first-order valence-corrected chi connectivity index (χ1v) is 7.37. The lowest BCUT2D eigenvalue weighted by Crippen LogP contribution is -2.15. The smallest absolute Gasteiger partial charge is 0.162 e. The fourth-order valence-electron chi connectivity index (χ4n) is 2.66. The molecule has 1 aromatic heterocycles. The van der Waals surface area contributed by atoms with Crippen molar-refractivity contribution in [2.24, 2.45) is 0 Å². The van der Waals surface area contributed by atoms with Crippen molar-refractivity contribution < 1.29 is 9.47 Å². The topological polar surface area (TPSA) is 62.3 Å². The van der Waals surface area contributed by atoms with E-state index in [1.165, 1.54) is 0 Å². The molecule has 0 fully saturated rings. The third-order valence-corrected chi connectivity index (χ3v) is 3.68. The van der Waals surface area contributed by atoms with E-state index in [9.17, 15) is 0 Å². The van der Waals surface area contributed by atoms with Crippen LogP contribution in [-0.2, 0) is 6.54 Å². The molecule has 2 heterocycles. The maximum Gasteiger partial charge on any atom is 0.162 e. The summed E-state index contributed by atoms with van der Waals surface area (Å²) in [6.07, 6.45) is 0. The third-order valence-electron chi connectivity index (χ3n) is 3.68. The van der Waals surface area contributed by atoms with E-state index in [0.717, 1.165) is 35.1 Å². The number of rotatable bonds is 3. The predicted octanol–water partition coefficient (Wildman–Crippen LogP) is 3.05. The van der Waals surface area contributed by atoms with Crippen molar-refractivity contribution in [3.63, 3.8) is 0 Å². The molecule has 1 aliphatic rings. The molecular weight excluding hydrogens is 266 g/mol. The number of fused-ring (bicyclic) bond motifs is 1. The second-order valence-electron chi connectivity index (χ2n) is 5.46. The summed E-state index contributed by atoms with van der Waals surface area (Å²) in [6.45, 7) is 8.32. The molecule has 21 heavy (non-hydrogen) atoms. The highest BCUT2D eigenvalue weighted by Gasteiger charge is 2.19. The van der Waals surface area contributed by atoms with Gasteiger partial charge in [-0.25, -0.2) is 4.98 Å². The van der Waals surface area contributed by atoms with Crippen LogP contribution in [-0.4, -0.2) is 22.8 Å². The van der Waals surface area contributed by atoms with Gasteiger partial charge in [-0.3, -0.25) is 0 Å². The van der Waals surface area contributed by atoms with Gasteiger partial charge < -0.3 is 19.8 Å². The number of hydrogen-bond acceptors (Lipinski definition) is 4. The first-order valence-electron chi connectivity index (χ1n) is 7.37. The van der Waals surface area contributed by atoms with Crippen molar-refractivity contribution in [1.82, 2.24) is 9.55 Å². The van der Waals surface area contributed by atoms with Crippen LogP contribution in [0.3, 0.4) is 0 Å². The Kier molecular flexibility index (Phi) is 3.49. The molecule has 0 spiro atoms. The quantitative estimate of drug-likeness (QED) is 0.942. The molecule has 5 nitrogen and oxygen atoms in total. The van der Waals surface area contributed by atoms with Crippen molar-refractivity contribution in [3.8, 4) is 22.8 Å². The Morgan fingerprint density at radius 1 is 1.24 bits per heavy atom. The summed E-state index contributed by atoms with van der Waals surface area (Å²) in [4.78, 5) is 4.74. The number of benzene rings is 1. The van der Waals surface area contributed by atoms with Crippen LogP contribution in [0.4, 0.5) is 5.82 Å². The Bertz CT molecular complexity index is 662. The highest BCUT2D eigenvalue weighted by molar-refractivity contribution is 5.73. The molecule has 5 heteroatoms. The molecule has 0 radical (unpaired) electrons. The molecule has 1 aromatic carbocycles. The zero-order valence-corrected chi connectivity index (χ0v) is 12.7. The van der Waals surface area contributed by atoms with Crippen LogP contribution < -0.4 is 15.2 Å². The van der Waals surface area contributed by atoms with E-state index in [2.05, 4.69) is 25.3 Å². The zero-order valence-electron chi connectivity index (χ0n) is 12.7. The van der Waals surface area contributed by atoms with E-state index in [1.54, 1.807) is 0 Å². The third kappa shape index (κ3) is 2.33. The molecule has 0 saturated heterocycles. The largest absolute Gasteiger partial charge is 0.486 e. The van der Waals surface area contributed by atoms with Crippen molar-refractivity contribution in [2.75, 3.05) is 18.9 Å². The number of aromatic nitrogens is 2. The number of nitrogen functional groups attached to an aromatic ring is 1. The van der Waals surface area contributed by atoms with Crippen LogP contribution >= 0.6 is 0 Å². The summed E-state index contributed by atoms with van der Waals surface area (Å²) in [7, 11) is 0. The lowest BCUT2D eigenvalue weighted by molar-refractivity contribution is 0.171. The fraction of sp³-hybridized carbons (Fsp3) is 0.438. The first-order chi connectivity index (χ1) is 10.1. The van der Waals surface area contributed by atoms with Crippen molar-refractivity contribution >= 4 is 5.82 Å². The molecule has 0 bridgehead atoms. The molecule has 0 atom stereocenters. The summed E-state index contributed by atoms with van der Waals surface area (Å²) in [5, 5.41) is 0. The number of imidazole rings is 1. The van der Waals surface area contributed by atoms with Crippen LogP contribution in [0.1, 0.15) is 32.5 Å². The SMILES string of the molecule is CCn1c(C(C)C)nc(-c2ccc3c(c2)OCCO3)c1N. The highest BCUT2D eigenvalue weighted by atomic mass is 16.6. The van der Waals surface area contributed by atoms with Gasteiger partial charge >= 0.3 is 0 Å². The Morgan fingerprint density at radius 2 is 1.95 bits per heavy atom. The monoisotopic (exact) mass is 287 g/mol. The number of hydrogen-bond donors (Lipinski definition) is 1. The van der Waals surface area contributed by atoms with E-state index < -0.39 is 0 Å². The van der Waals surface area contributed by atoms with E-state index in [4.69, 9.17) is 20.2 Å². The molecule has 0 aliphatic carbocycles. The Morgan fingerprint density at radius 3 is 2.57 bits per heavy atom. The van der Waals surface area contributed by atoms with Gasteiger partial charge in [-0.05, 0) is 25.1 Å². The van der Waals surface area contributed by atoms with Gasteiger partial charge in [0.25, 0.3) is 0 Å². The normalized spacial score (nSPS) is 13.7. The number of anilines is 1. The van der Waals surface area contributed by atoms with E-state index in [1.807, 2.05) is 18.2 Å². The predicted molar refractivity (Wildman–Crippen MR) is 82.8 cm³/mol. The van der Waals surface area contributed by atoms with Gasteiger partial charge in [0.15, 0.2) is 11.5 Å². The second kappa shape index (κ2) is 5.31. The molecule has 0 amide bonds. The van der Waals surface area contributed by atoms with Crippen LogP contribution in [0.5, 0.6) is 11.5 Å². The van der Waals surface area contributed by atoms with Crippen molar-refractivity contribution in [3.05, 3.63) is 24.0 Å². The average Bonchev–Trinajstić information content (AvgIpc) is 2.83. The average molecular weight is 287 g/mol. The standard InChI is InChI=1S/C16H21N3O2/c1-4-19-15(17)14(18-16(19)10(2)3)11-5-6-12-13(9-11)21-8-7-20-12/h5-6,9-10H,4,7-8,17H2,1-3H3. The summed E-state index contributed by atoms with van der Waals surface area (Å²) in [5.41, 5.74) is 8.07. The Hall–Kier alpha value is -2.17. The molecule has 2 N–H and O–H groups in total. The molecule has 1 aliphatic heterocycles. The summed E-state index contributed by atoms with van der Waals surface area (Å²) < 4.78 is 13.3. The minimum Gasteiger partial charge on any atom is -0.486 e. The summed E-state index contributed by atoms with van der Waals surface area (Å²) in [5.74, 6) is 3.59. The van der Waals surface area contributed by atoms with Crippen LogP contribution in [0, 0.1) is 0 Å². The molecule has 0 unspecified atom stereocenters. The lowest BCUT2D eigenvalue weighted by atomic mass is 10.1. The van der Waals surface area contributed by atoms with Gasteiger partial charge in [-0.2, -0.15) is 0 Å². The van der Waals surface area contributed by atoms with Crippen LogP contribution in [0.2, 0.25) is 0 Å². The van der Waals surface area contributed by atoms with Gasteiger partial charge in [0.1, 0.15) is 30.5 Å². The molecule has 3 rings (SSSR count). The molecular formula is C16H21N3O2. The number of ether oxygens (including phenoxy) is 2. The Labute approximate surface area is 124 Å². The maximum absolute atomic E-state index is 6.29. The number of nitrogens with two attached hydrogens (primary N) is 1. The van der Waals surface area contributed by atoms with Gasteiger partial charge in [-0.1, -0.05) is 13.8 Å². The molecule has 112 valence electrons. The highest BCUT2D eigenvalue weighted by Crippen LogP contribution is 2.36. The van der Waals surface area contributed by atoms with Gasteiger partial charge in [0.05, 0.1) is 0 Å². The number of nitrogens with zero attached hydrogens (tertiary/aromatic N) is 2. The Balaban J connectivity index is 2.08. The first kappa shape index (κ1) is 13.8. The van der Waals surface area contributed by atoms with Crippen LogP contribution in [0.15, 0.2) is 18.2 Å². The fourth-order valence-corrected chi connectivity index (χ4v) is 2.66.